The van der Waals surface area contributed by atoms with E-state index in [0.29, 0.717) is 12.0 Å². The number of anilines is 1. The summed E-state index contributed by atoms with van der Waals surface area (Å²) in [5.74, 6) is -2.47. The second-order valence-corrected chi connectivity index (χ2v) is 4.20. The SMILES string of the molecule is CCC(CO)NC(=O)C(=O)Nc1ccc(C)cc1F. The van der Waals surface area contributed by atoms with Crippen LogP contribution in [0.1, 0.15) is 18.9 Å². The molecular weight excluding hydrogens is 251 g/mol. The molecule has 0 saturated carbocycles. The molecule has 5 nitrogen and oxygen atoms in total. The van der Waals surface area contributed by atoms with Crippen molar-refractivity contribution in [3.8, 4) is 0 Å². The van der Waals surface area contributed by atoms with Gasteiger partial charge in [0.15, 0.2) is 0 Å². The highest BCUT2D eigenvalue weighted by atomic mass is 19.1. The fraction of sp³-hybridized carbons (Fsp3) is 0.385. The first kappa shape index (κ1) is 15.1. The van der Waals surface area contributed by atoms with Crippen molar-refractivity contribution < 1.29 is 19.1 Å². The van der Waals surface area contributed by atoms with Gasteiger partial charge >= 0.3 is 11.8 Å². The van der Waals surface area contributed by atoms with Crippen molar-refractivity contribution in [2.24, 2.45) is 0 Å². The predicted octanol–water partition coefficient (Wildman–Crippen LogP) is 0.960. The molecule has 1 rings (SSSR count). The molecule has 1 unspecified atom stereocenters. The molecule has 2 amide bonds. The third-order valence-electron chi connectivity index (χ3n) is 2.63. The molecule has 0 aliphatic rings. The smallest absolute Gasteiger partial charge is 0.313 e. The minimum atomic E-state index is -0.963. The second-order valence-electron chi connectivity index (χ2n) is 4.20. The van der Waals surface area contributed by atoms with Crippen molar-refractivity contribution in [3.05, 3.63) is 29.6 Å². The highest BCUT2D eigenvalue weighted by Gasteiger charge is 2.18. The number of rotatable bonds is 4. The summed E-state index contributed by atoms with van der Waals surface area (Å²) in [5, 5.41) is 13.4. The Bertz CT molecular complexity index is 473. The van der Waals surface area contributed by atoms with E-state index in [1.54, 1.807) is 19.9 Å². The van der Waals surface area contributed by atoms with Crippen LogP contribution >= 0.6 is 0 Å². The molecule has 0 radical (unpaired) electrons. The first-order valence-corrected chi connectivity index (χ1v) is 5.96. The molecule has 0 heterocycles. The van der Waals surface area contributed by atoms with Gasteiger partial charge in [0.25, 0.3) is 0 Å². The Morgan fingerprint density at radius 2 is 2.05 bits per heavy atom. The number of carbonyl (C=O) groups excluding carboxylic acids is 2. The molecule has 0 aliphatic heterocycles. The number of hydrogen-bond donors (Lipinski definition) is 3. The average molecular weight is 268 g/mol. The number of nitrogens with one attached hydrogen (secondary N) is 2. The summed E-state index contributed by atoms with van der Waals surface area (Å²) in [6.07, 6.45) is 0.494. The monoisotopic (exact) mass is 268 g/mol. The van der Waals surface area contributed by atoms with Crippen molar-refractivity contribution in [3.63, 3.8) is 0 Å². The van der Waals surface area contributed by atoms with Crippen LogP contribution in [0.25, 0.3) is 0 Å². The third kappa shape index (κ3) is 4.33. The summed E-state index contributed by atoms with van der Waals surface area (Å²) in [7, 11) is 0. The summed E-state index contributed by atoms with van der Waals surface area (Å²) >= 11 is 0. The lowest BCUT2D eigenvalue weighted by Gasteiger charge is -2.13. The zero-order chi connectivity index (χ0) is 14.4. The van der Waals surface area contributed by atoms with Gasteiger partial charge in [-0.05, 0) is 31.0 Å². The summed E-state index contributed by atoms with van der Waals surface area (Å²) in [6.45, 7) is 3.22. The topological polar surface area (TPSA) is 78.4 Å². The fourth-order valence-corrected chi connectivity index (χ4v) is 1.43. The maximum atomic E-state index is 13.5. The predicted molar refractivity (Wildman–Crippen MR) is 69.1 cm³/mol. The minimum absolute atomic E-state index is 0.0530. The van der Waals surface area contributed by atoms with Gasteiger partial charge in [0.2, 0.25) is 0 Å². The highest BCUT2D eigenvalue weighted by molar-refractivity contribution is 6.39. The highest BCUT2D eigenvalue weighted by Crippen LogP contribution is 2.14. The first-order chi connectivity index (χ1) is 8.97. The van der Waals surface area contributed by atoms with Crippen LogP contribution in [0.15, 0.2) is 18.2 Å². The number of halogens is 1. The van der Waals surface area contributed by atoms with E-state index in [-0.39, 0.29) is 12.3 Å². The molecule has 1 aromatic carbocycles. The van der Waals surface area contributed by atoms with Crippen LogP contribution in [-0.4, -0.2) is 29.6 Å². The Morgan fingerprint density at radius 1 is 1.37 bits per heavy atom. The van der Waals surface area contributed by atoms with E-state index < -0.39 is 23.7 Å². The number of carbonyl (C=O) groups is 2. The maximum Gasteiger partial charge on any atom is 0.313 e. The van der Waals surface area contributed by atoms with Gasteiger partial charge in [-0.15, -0.1) is 0 Å². The quantitative estimate of drug-likeness (QED) is 0.712. The Morgan fingerprint density at radius 3 is 2.58 bits per heavy atom. The Hall–Kier alpha value is -1.95. The normalized spacial score (nSPS) is 11.8. The summed E-state index contributed by atoms with van der Waals surface area (Å²) < 4.78 is 13.5. The number of aliphatic hydroxyl groups is 1. The molecule has 104 valence electrons. The van der Waals surface area contributed by atoms with Crippen molar-refractivity contribution in [1.29, 1.82) is 0 Å². The van der Waals surface area contributed by atoms with E-state index in [0.717, 1.165) is 0 Å². The molecule has 3 N–H and O–H groups in total. The molecule has 1 atom stereocenters. The number of aliphatic hydroxyl groups excluding tert-OH is 1. The van der Waals surface area contributed by atoms with Gasteiger partial charge in [-0.3, -0.25) is 9.59 Å². The van der Waals surface area contributed by atoms with Crippen LogP contribution in [-0.2, 0) is 9.59 Å². The summed E-state index contributed by atoms with van der Waals surface area (Å²) in [6, 6.07) is 3.79. The minimum Gasteiger partial charge on any atom is -0.394 e. The molecule has 19 heavy (non-hydrogen) atoms. The van der Waals surface area contributed by atoms with Crippen LogP contribution in [0.3, 0.4) is 0 Å². The van der Waals surface area contributed by atoms with E-state index >= 15 is 0 Å². The number of benzene rings is 1. The fourth-order valence-electron chi connectivity index (χ4n) is 1.43. The number of hydrogen-bond acceptors (Lipinski definition) is 3. The van der Waals surface area contributed by atoms with Crippen molar-refractivity contribution in [1.82, 2.24) is 5.32 Å². The molecule has 0 fully saturated rings. The molecule has 6 heteroatoms. The van der Waals surface area contributed by atoms with Gasteiger partial charge in [-0.25, -0.2) is 4.39 Å². The van der Waals surface area contributed by atoms with E-state index in [9.17, 15) is 14.0 Å². The number of amides is 2. The molecule has 0 aliphatic carbocycles. The zero-order valence-corrected chi connectivity index (χ0v) is 10.9. The zero-order valence-electron chi connectivity index (χ0n) is 10.9. The molecule has 1 aromatic rings. The summed E-state index contributed by atoms with van der Waals surface area (Å²) in [5.41, 5.74) is 0.661. The van der Waals surface area contributed by atoms with Gasteiger partial charge in [0.1, 0.15) is 5.82 Å². The van der Waals surface area contributed by atoms with E-state index in [2.05, 4.69) is 10.6 Å². The van der Waals surface area contributed by atoms with Crippen molar-refractivity contribution in [2.45, 2.75) is 26.3 Å². The van der Waals surface area contributed by atoms with E-state index in [1.165, 1.54) is 12.1 Å². The van der Waals surface area contributed by atoms with E-state index in [4.69, 9.17) is 5.11 Å². The lowest BCUT2D eigenvalue weighted by Crippen LogP contribution is -2.43. The molecule has 0 aromatic heterocycles. The Labute approximate surface area is 110 Å². The third-order valence-corrected chi connectivity index (χ3v) is 2.63. The van der Waals surface area contributed by atoms with Crippen LogP contribution in [0.2, 0.25) is 0 Å². The number of aryl methyl sites for hydroxylation is 1. The van der Waals surface area contributed by atoms with Gasteiger partial charge in [-0.1, -0.05) is 13.0 Å². The van der Waals surface area contributed by atoms with Crippen molar-refractivity contribution in [2.75, 3.05) is 11.9 Å². The summed E-state index contributed by atoms with van der Waals surface area (Å²) in [4.78, 5) is 23.0. The van der Waals surface area contributed by atoms with Crippen LogP contribution in [0, 0.1) is 12.7 Å². The first-order valence-electron chi connectivity index (χ1n) is 5.96. The molecular formula is C13H17FN2O3. The maximum absolute atomic E-state index is 13.5. The van der Waals surface area contributed by atoms with E-state index in [1.807, 2.05) is 0 Å². The molecule has 0 saturated heterocycles. The Kier molecular flexibility index (Phi) is 5.44. The molecule has 0 spiro atoms. The standard InChI is InChI=1S/C13H17FN2O3/c1-3-9(7-17)15-12(18)13(19)16-11-5-4-8(2)6-10(11)14/h4-6,9,17H,3,7H2,1-2H3,(H,15,18)(H,16,19). The lowest BCUT2D eigenvalue weighted by molar-refractivity contribution is -0.136. The van der Waals surface area contributed by atoms with Crippen LogP contribution in [0.4, 0.5) is 10.1 Å². The molecule has 0 bridgehead atoms. The Balaban J connectivity index is 2.66. The largest absolute Gasteiger partial charge is 0.394 e. The van der Waals surface area contributed by atoms with Gasteiger partial charge in [0, 0.05) is 0 Å². The van der Waals surface area contributed by atoms with Crippen molar-refractivity contribution >= 4 is 17.5 Å². The van der Waals surface area contributed by atoms with Gasteiger partial charge in [-0.2, -0.15) is 0 Å². The lowest BCUT2D eigenvalue weighted by atomic mass is 10.2. The van der Waals surface area contributed by atoms with Crippen LogP contribution in [0.5, 0.6) is 0 Å². The van der Waals surface area contributed by atoms with Gasteiger partial charge in [0.05, 0.1) is 18.3 Å². The van der Waals surface area contributed by atoms with Gasteiger partial charge < -0.3 is 15.7 Å². The van der Waals surface area contributed by atoms with Crippen LogP contribution < -0.4 is 10.6 Å². The average Bonchev–Trinajstić information content (AvgIpc) is 2.38. The second kappa shape index (κ2) is 6.84.